The van der Waals surface area contributed by atoms with E-state index < -0.39 is 0 Å². The summed E-state index contributed by atoms with van der Waals surface area (Å²) in [6.45, 7) is 12.9. The average Bonchev–Trinajstić information content (AvgIpc) is 2.38. The van der Waals surface area contributed by atoms with E-state index in [0.29, 0.717) is 18.4 Å². The van der Waals surface area contributed by atoms with Crippen LogP contribution in [0.25, 0.3) is 0 Å². The van der Waals surface area contributed by atoms with Crippen molar-refractivity contribution >= 4 is 5.97 Å². The fourth-order valence-corrected chi connectivity index (χ4v) is 2.60. The molecule has 1 N–H and O–H groups in total. The van der Waals surface area contributed by atoms with E-state index in [1.54, 1.807) is 0 Å². The molecule has 1 saturated heterocycles. The maximum atomic E-state index is 11.8. The average molecular weight is 270 g/mol. The van der Waals surface area contributed by atoms with Gasteiger partial charge in [0.2, 0.25) is 0 Å². The second-order valence-corrected chi connectivity index (χ2v) is 5.98. The Morgan fingerprint density at radius 2 is 2.16 bits per heavy atom. The largest absolute Gasteiger partial charge is 0.465 e. The van der Waals surface area contributed by atoms with Gasteiger partial charge in [-0.2, -0.15) is 0 Å². The number of piperidine rings is 1. The second kappa shape index (κ2) is 8.54. The molecule has 0 aromatic rings. The molecule has 4 nitrogen and oxygen atoms in total. The fourth-order valence-electron chi connectivity index (χ4n) is 2.60. The number of nitrogens with zero attached hydrogens (tertiary/aromatic N) is 1. The Hall–Kier alpha value is -0.610. The van der Waals surface area contributed by atoms with Crippen LogP contribution >= 0.6 is 0 Å². The first-order valence-corrected chi connectivity index (χ1v) is 7.66. The van der Waals surface area contributed by atoms with E-state index in [9.17, 15) is 4.79 Å². The summed E-state index contributed by atoms with van der Waals surface area (Å²) in [5, 5.41) is 3.53. The third kappa shape index (κ3) is 5.91. The van der Waals surface area contributed by atoms with Crippen molar-refractivity contribution in [1.29, 1.82) is 0 Å². The van der Waals surface area contributed by atoms with Crippen molar-refractivity contribution < 1.29 is 9.53 Å². The molecule has 0 amide bonds. The summed E-state index contributed by atoms with van der Waals surface area (Å²) < 4.78 is 5.11. The first-order valence-electron chi connectivity index (χ1n) is 7.66. The number of carbonyl (C=O) groups excluding carboxylic acids is 1. The summed E-state index contributed by atoms with van der Waals surface area (Å²) in [5.74, 6) is 1.26. The van der Waals surface area contributed by atoms with E-state index in [4.69, 9.17) is 4.74 Å². The van der Waals surface area contributed by atoms with Crippen molar-refractivity contribution in [2.75, 3.05) is 32.8 Å². The molecule has 2 atom stereocenters. The Bertz CT molecular complexity index is 269. The molecule has 0 radical (unpaired) electrons. The van der Waals surface area contributed by atoms with Crippen LogP contribution in [-0.4, -0.2) is 49.7 Å². The Morgan fingerprint density at radius 3 is 2.79 bits per heavy atom. The SMILES string of the molecule is CCOC(=O)C(C)N1CCCC(CNCC(C)C)C1. The van der Waals surface area contributed by atoms with Crippen molar-refractivity contribution in [3.63, 3.8) is 0 Å². The second-order valence-electron chi connectivity index (χ2n) is 5.98. The number of likely N-dealkylation sites (tertiary alicyclic amines) is 1. The highest BCUT2D eigenvalue weighted by Crippen LogP contribution is 2.18. The lowest BCUT2D eigenvalue weighted by Crippen LogP contribution is -2.47. The van der Waals surface area contributed by atoms with Crippen LogP contribution in [0.3, 0.4) is 0 Å². The van der Waals surface area contributed by atoms with E-state index in [1.165, 1.54) is 12.8 Å². The van der Waals surface area contributed by atoms with Crippen LogP contribution in [-0.2, 0) is 9.53 Å². The zero-order valence-corrected chi connectivity index (χ0v) is 12.9. The van der Waals surface area contributed by atoms with Gasteiger partial charge in [0.15, 0.2) is 0 Å². The van der Waals surface area contributed by atoms with E-state index in [-0.39, 0.29) is 12.0 Å². The molecule has 1 fully saturated rings. The minimum absolute atomic E-state index is 0.0849. The molecule has 0 bridgehead atoms. The lowest BCUT2D eigenvalue weighted by Gasteiger charge is -2.35. The molecule has 0 spiro atoms. The minimum atomic E-state index is -0.104. The molecule has 1 aliphatic heterocycles. The van der Waals surface area contributed by atoms with Crippen LogP contribution in [0.1, 0.15) is 40.5 Å². The van der Waals surface area contributed by atoms with Crippen LogP contribution in [0.15, 0.2) is 0 Å². The molecule has 1 heterocycles. The monoisotopic (exact) mass is 270 g/mol. The van der Waals surface area contributed by atoms with Crippen LogP contribution < -0.4 is 5.32 Å². The molecular weight excluding hydrogens is 240 g/mol. The molecule has 0 saturated carbocycles. The van der Waals surface area contributed by atoms with Crippen LogP contribution in [0.5, 0.6) is 0 Å². The third-order valence-corrected chi connectivity index (χ3v) is 3.71. The number of ether oxygens (including phenoxy) is 1. The molecule has 0 aliphatic carbocycles. The number of hydrogen-bond donors (Lipinski definition) is 1. The van der Waals surface area contributed by atoms with E-state index >= 15 is 0 Å². The summed E-state index contributed by atoms with van der Waals surface area (Å²) in [5.41, 5.74) is 0. The summed E-state index contributed by atoms with van der Waals surface area (Å²) >= 11 is 0. The number of rotatable bonds is 7. The van der Waals surface area contributed by atoms with Gasteiger partial charge < -0.3 is 10.1 Å². The lowest BCUT2D eigenvalue weighted by molar-refractivity contribution is -0.149. The maximum absolute atomic E-state index is 11.8. The van der Waals surface area contributed by atoms with Gasteiger partial charge in [-0.25, -0.2) is 0 Å². The fraction of sp³-hybridized carbons (Fsp3) is 0.933. The van der Waals surface area contributed by atoms with Crippen molar-refractivity contribution in [2.45, 2.75) is 46.6 Å². The number of carbonyl (C=O) groups is 1. The maximum Gasteiger partial charge on any atom is 0.323 e. The number of hydrogen-bond acceptors (Lipinski definition) is 4. The first kappa shape index (κ1) is 16.4. The highest BCUT2D eigenvalue weighted by Gasteiger charge is 2.27. The molecule has 0 aromatic carbocycles. The van der Waals surface area contributed by atoms with Gasteiger partial charge in [-0.05, 0) is 58.2 Å². The van der Waals surface area contributed by atoms with Crippen molar-refractivity contribution in [1.82, 2.24) is 10.2 Å². The highest BCUT2D eigenvalue weighted by molar-refractivity contribution is 5.75. The Morgan fingerprint density at radius 1 is 1.42 bits per heavy atom. The Labute approximate surface area is 117 Å². The molecule has 2 unspecified atom stereocenters. The van der Waals surface area contributed by atoms with E-state index in [1.807, 2.05) is 13.8 Å². The first-order chi connectivity index (χ1) is 9.04. The van der Waals surface area contributed by atoms with E-state index in [2.05, 4.69) is 24.1 Å². The predicted octanol–water partition coefficient (Wildman–Crippen LogP) is 1.90. The Kier molecular flexibility index (Phi) is 7.39. The van der Waals surface area contributed by atoms with Gasteiger partial charge in [-0.1, -0.05) is 13.8 Å². The summed E-state index contributed by atoms with van der Waals surface area (Å²) in [6, 6.07) is -0.104. The normalized spacial score (nSPS) is 22.5. The number of nitrogens with one attached hydrogen (secondary N) is 1. The Balaban J connectivity index is 2.34. The molecular formula is C15H30N2O2. The molecule has 1 rings (SSSR count). The van der Waals surface area contributed by atoms with Gasteiger partial charge >= 0.3 is 5.97 Å². The van der Waals surface area contributed by atoms with Crippen molar-refractivity contribution in [2.24, 2.45) is 11.8 Å². The zero-order chi connectivity index (χ0) is 14.3. The standard InChI is InChI=1S/C15H30N2O2/c1-5-19-15(18)13(4)17-8-6-7-14(11-17)10-16-9-12(2)3/h12-14,16H,5-11H2,1-4H3. The lowest BCUT2D eigenvalue weighted by atomic mass is 9.96. The summed E-state index contributed by atoms with van der Waals surface area (Å²) in [6.07, 6.45) is 2.44. The van der Waals surface area contributed by atoms with Crippen LogP contribution in [0, 0.1) is 11.8 Å². The van der Waals surface area contributed by atoms with Gasteiger partial charge in [0.1, 0.15) is 6.04 Å². The third-order valence-electron chi connectivity index (χ3n) is 3.71. The van der Waals surface area contributed by atoms with Gasteiger partial charge in [-0.15, -0.1) is 0 Å². The van der Waals surface area contributed by atoms with Crippen LogP contribution in [0.4, 0.5) is 0 Å². The van der Waals surface area contributed by atoms with E-state index in [0.717, 1.165) is 26.2 Å². The summed E-state index contributed by atoms with van der Waals surface area (Å²) in [7, 11) is 0. The molecule has 19 heavy (non-hydrogen) atoms. The van der Waals surface area contributed by atoms with Crippen molar-refractivity contribution in [3.05, 3.63) is 0 Å². The smallest absolute Gasteiger partial charge is 0.323 e. The topological polar surface area (TPSA) is 41.6 Å². The summed E-state index contributed by atoms with van der Waals surface area (Å²) in [4.78, 5) is 14.0. The van der Waals surface area contributed by atoms with Gasteiger partial charge in [-0.3, -0.25) is 9.69 Å². The molecule has 1 aliphatic rings. The van der Waals surface area contributed by atoms with Crippen molar-refractivity contribution in [3.8, 4) is 0 Å². The molecule has 4 heteroatoms. The number of esters is 1. The molecule has 112 valence electrons. The predicted molar refractivity (Wildman–Crippen MR) is 78.1 cm³/mol. The highest BCUT2D eigenvalue weighted by atomic mass is 16.5. The molecule has 0 aromatic heterocycles. The van der Waals surface area contributed by atoms with Gasteiger partial charge in [0.25, 0.3) is 0 Å². The van der Waals surface area contributed by atoms with Gasteiger partial charge in [0, 0.05) is 6.54 Å². The minimum Gasteiger partial charge on any atom is -0.465 e. The van der Waals surface area contributed by atoms with Gasteiger partial charge in [0.05, 0.1) is 6.61 Å². The van der Waals surface area contributed by atoms with Crippen LogP contribution in [0.2, 0.25) is 0 Å². The zero-order valence-electron chi connectivity index (χ0n) is 12.9. The quantitative estimate of drug-likeness (QED) is 0.717.